The summed E-state index contributed by atoms with van der Waals surface area (Å²) in [7, 11) is 1.50. The molecule has 8 nitrogen and oxygen atoms in total. The van der Waals surface area contributed by atoms with Crippen molar-refractivity contribution in [3.05, 3.63) is 51.8 Å². The average molecular weight is 275 g/mol. The quantitative estimate of drug-likeness (QED) is 0.562. The number of nitro benzene ring substituents is 1. The van der Waals surface area contributed by atoms with Crippen molar-refractivity contribution in [3.63, 3.8) is 0 Å². The van der Waals surface area contributed by atoms with Gasteiger partial charge in [0.1, 0.15) is 5.69 Å². The van der Waals surface area contributed by atoms with Gasteiger partial charge in [0.15, 0.2) is 0 Å². The number of aromatic amines is 1. The van der Waals surface area contributed by atoms with Crippen molar-refractivity contribution in [2.75, 3.05) is 12.4 Å². The number of carbonyl (C=O) groups excluding carboxylic acids is 1. The highest BCUT2D eigenvalue weighted by Crippen LogP contribution is 2.26. The van der Waals surface area contributed by atoms with Crippen molar-refractivity contribution in [3.8, 4) is 0 Å². The van der Waals surface area contributed by atoms with E-state index in [4.69, 9.17) is 0 Å². The fraction of sp³-hybridized carbons (Fsp3) is 0.167. The molecule has 1 aromatic heterocycles. The standard InChI is InChI=1S/C12H13N5O3/c1-13-12(18)9-2-3-11(17(19)20)10(4-9)14-5-8-6-15-16-7-8/h2-4,6-7,14H,5H2,1H3,(H,13,18)(H,15,16). The van der Waals surface area contributed by atoms with Gasteiger partial charge in [-0.15, -0.1) is 0 Å². The first-order valence-electron chi connectivity index (χ1n) is 5.84. The molecule has 0 fully saturated rings. The van der Waals surface area contributed by atoms with Crippen LogP contribution in [0.25, 0.3) is 0 Å². The monoisotopic (exact) mass is 275 g/mol. The Bertz CT molecular complexity index is 624. The van der Waals surface area contributed by atoms with E-state index in [1.807, 2.05) is 0 Å². The van der Waals surface area contributed by atoms with Crippen molar-refractivity contribution in [2.45, 2.75) is 6.54 Å². The molecule has 0 aliphatic carbocycles. The molecule has 104 valence electrons. The number of anilines is 1. The van der Waals surface area contributed by atoms with Crippen LogP contribution in [0.15, 0.2) is 30.6 Å². The van der Waals surface area contributed by atoms with Gasteiger partial charge in [0.2, 0.25) is 0 Å². The third-order valence-electron chi connectivity index (χ3n) is 2.72. The van der Waals surface area contributed by atoms with Gasteiger partial charge in [-0.3, -0.25) is 20.0 Å². The molecule has 2 rings (SSSR count). The smallest absolute Gasteiger partial charge is 0.292 e. The first-order valence-corrected chi connectivity index (χ1v) is 5.84. The number of H-pyrrole nitrogens is 1. The van der Waals surface area contributed by atoms with Crippen LogP contribution < -0.4 is 10.6 Å². The van der Waals surface area contributed by atoms with Crippen LogP contribution in [0.5, 0.6) is 0 Å². The van der Waals surface area contributed by atoms with Gasteiger partial charge < -0.3 is 10.6 Å². The van der Waals surface area contributed by atoms with Gasteiger partial charge >= 0.3 is 0 Å². The Morgan fingerprint density at radius 3 is 2.90 bits per heavy atom. The van der Waals surface area contributed by atoms with Crippen molar-refractivity contribution >= 4 is 17.3 Å². The van der Waals surface area contributed by atoms with E-state index in [1.54, 1.807) is 12.4 Å². The van der Waals surface area contributed by atoms with Gasteiger partial charge in [0.05, 0.1) is 11.1 Å². The van der Waals surface area contributed by atoms with Crippen molar-refractivity contribution in [2.24, 2.45) is 0 Å². The molecule has 2 aromatic rings. The van der Waals surface area contributed by atoms with E-state index in [1.165, 1.54) is 25.2 Å². The Kier molecular flexibility index (Phi) is 3.94. The van der Waals surface area contributed by atoms with Crippen LogP contribution in [-0.4, -0.2) is 28.1 Å². The number of nitrogens with zero attached hydrogens (tertiary/aromatic N) is 2. The molecule has 0 bridgehead atoms. The Morgan fingerprint density at radius 1 is 1.50 bits per heavy atom. The third kappa shape index (κ3) is 2.91. The highest BCUT2D eigenvalue weighted by Gasteiger charge is 2.16. The summed E-state index contributed by atoms with van der Waals surface area (Å²) in [6.45, 7) is 0.370. The van der Waals surface area contributed by atoms with E-state index in [9.17, 15) is 14.9 Å². The molecule has 1 heterocycles. The number of carbonyl (C=O) groups is 1. The van der Waals surface area contributed by atoms with Crippen molar-refractivity contribution in [1.82, 2.24) is 15.5 Å². The molecule has 1 amide bonds. The molecule has 3 N–H and O–H groups in total. The average Bonchev–Trinajstić information content (AvgIpc) is 2.97. The summed E-state index contributed by atoms with van der Waals surface area (Å²) in [5.74, 6) is -0.300. The first-order chi connectivity index (χ1) is 9.61. The number of rotatable bonds is 5. The highest BCUT2D eigenvalue weighted by molar-refractivity contribution is 5.95. The number of nitrogens with one attached hydrogen (secondary N) is 3. The number of benzene rings is 1. The van der Waals surface area contributed by atoms with E-state index in [-0.39, 0.29) is 17.3 Å². The predicted octanol–water partition coefficient (Wildman–Crippen LogP) is 1.29. The topological polar surface area (TPSA) is 113 Å². The summed E-state index contributed by atoms with van der Waals surface area (Å²) in [5, 5.41) is 22.8. The largest absolute Gasteiger partial charge is 0.375 e. The molecule has 0 spiro atoms. The summed E-state index contributed by atoms with van der Waals surface area (Å²) in [5.41, 5.74) is 1.41. The molecule has 0 radical (unpaired) electrons. The van der Waals surface area contributed by atoms with Crippen LogP contribution in [0.4, 0.5) is 11.4 Å². The first kappa shape index (κ1) is 13.5. The van der Waals surface area contributed by atoms with Crippen molar-refractivity contribution < 1.29 is 9.72 Å². The molecular weight excluding hydrogens is 262 g/mol. The van der Waals surface area contributed by atoms with E-state index < -0.39 is 4.92 Å². The van der Waals surface area contributed by atoms with Gasteiger partial charge in [-0.2, -0.15) is 5.10 Å². The summed E-state index contributed by atoms with van der Waals surface area (Å²) < 4.78 is 0. The lowest BCUT2D eigenvalue weighted by Crippen LogP contribution is -2.18. The second-order valence-electron chi connectivity index (χ2n) is 4.03. The minimum Gasteiger partial charge on any atom is -0.375 e. The predicted molar refractivity (Wildman–Crippen MR) is 72.4 cm³/mol. The zero-order chi connectivity index (χ0) is 14.5. The fourth-order valence-corrected chi connectivity index (χ4v) is 1.69. The van der Waals surface area contributed by atoms with Gasteiger partial charge in [-0.05, 0) is 12.1 Å². The zero-order valence-corrected chi connectivity index (χ0v) is 10.7. The molecule has 8 heteroatoms. The van der Waals surface area contributed by atoms with Crippen LogP contribution in [0.3, 0.4) is 0 Å². The van der Waals surface area contributed by atoms with Crippen LogP contribution in [0.1, 0.15) is 15.9 Å². The summed E-state index contributed by atoms with van der Waals surface area (Å²) >= 11 is 0. The lowest BCUT2D eigenvalue weighted by Gasteiger charge is -2.08. The molecule has 0 aliphatic rings. The summed E-state index contributed by atoms with van der Waals surface area (Å²) in [4.78, 5) is 22.0. The SMILES string of the molecule is CNC(=O)c1ccc([N+](=O)[O-])c(NCc2cn[nH]c2)c1. The minimum absolute atomic E-state index is 0.0823. The number of nitro groups is 1. The Balaban J connectivity index is 2.26. The maximum Gasteiger partial charge on any atom is 0.292 e. The molecule has 0 unspecified atom stereocenters. The molecule has 0 saturated heterocycles. The Labute approximate surface area is 114 Å². The molecular formula is C12H13N5O3. The van der Waals surface area contributed by atoms with Crippen LogP contribution in [-0.2, 0) is 6.54 Å². The number of hydrogen-bond donors (Lipinski definition) is 3. The number of hydrogen-bond acceptors (Lipinski definition) is 5. The van der Waals surface area contributed by atoms with Gasteiger partial charge in [0.25, 0.3) is 11.6 Å². The van der Waals surface area contributed by atoms with Gasteiger partial charge in [-0.1, -0.05) is 0 Å². The molecule has 1 aromatic carbocycles. The zero-order valence-electron chi connectivity index (χ0n) is 10.7. The van der Waals surface area contributed by atoms with Crippen LogP contribution in [0.2, 0.25) is 0 Å². The van der Waals surface area contributed by atoms with E-state index >= 15 is 0 Å². The van der Waals surface area contributed by atoms with E-state index in [0.29, 0.717) is 12.1 Å². The lowest BCUT2D eigenvalue weighted by atomic mass is 10.1. The Morgan fingerprint density at radius 2 is 2.30 bits per heavy atom. The van der Waals surface area contributed by atoms with Crippen LogP contribution >= 0.6 is 0 Å². The van der Waals surface area contributed by atoms with Crippen molar-refractivity contribution in [1.29, 1.82) is 0 Å². The maximum absolute atomic E-state index is 11.6. The summed E-state index contributed by atoms with van der Waals surface area (Å²) in [6.07, 6.45) is 3.29. The number of amides is 1. The third-order valence-corrected chi connectivity index (χ3v) is 2.72. The second kappa shape index (κ2) is 5.83. The highest BCUT2D eigenvalue weighted by atomic mass is 16.6. The van der Waals surface area contributed by atoms with Gasteiger partial charge in [0, 0.05) is 37.0 Å². The van der Waals surface area contributed by atoms with E-state index in [0.717, 1.165) is 5.56 Å². The normalized spacial score (nSPS) is 10.1. The Hall–Kier alpha value is -2.90. The molecule has 0 atom stereocenters. The van der Waals surface area contributed by atoms with E-state index in [2.05, 4.69) is 20.8 Å². The molecule has 20 heavy (non-hydrogen) atoms. The maximum atomic E-state index is 11.6. The fourth-order valence-electron chi connectivity index (χ4n) is 1.69. The second-order valence-corrected chi connectivity index (χ2v) is 4.03. The molecule has 0 aliphatic heterocycles. The van der Waals surface area contributed by atoms with Gasteiger partial charge in [-0.25, -0.2) is 0 Å². The minimum atomic E-state index is -0.495. The number of aromatic nitrogens is 2. The summed E-state index contributed by atoms with van der Waals surface area (Å²) in [6, 6.07) is 4.18. The van der Waals surface area contributed by atoms with Crippen LogP contribution in [0, 0.1) is 10.1 Å². The molecule has 0 saturated carbocycles. The lowest BCUT2D eigenvalue weighted by molar-refractivity contribution is -0.384.